The molecule has 1 aliphatic heterocycles. The van der Waals surface area contributed by atoms with Gasteiger partial charge < -0.3 is 20.3 Å². The number of likely N-dealkylation sites (N-methyl/N-ethyl adjacent to an activating group) is 1. The van der Waals surface area contributed by atoms with Gasteiger partial charge >= 0.3 is 0 Å². The first-order valence-corrected chi connectivity index (χ1v) is 12.1. The van der Waals surface area contributed by atoms with Crippen LogP contribution in [0.1, 0.15) is 66.7 Å². The molecule has 0 aromatic heterocycles. The third-order valence-electron chi connectivity index (χ3n) is 6.41. The number of hydrogen-bond acceptors (Lipinski definition) is 5. The molecule has 0 spiro atoms. The molecule has 2 N–H and O–H groups in total. The van der Waals surface area contributed by atoms with Gasteiger partial charge in [0.05, 0.1) is 17.7 Å². The van der Waals surface area contributed by atoms with E-state index in [2.05, 4.69) is 24.5 Å². The van der Waals surface area contributed by atoms with Crippen molar-refractivity contribution in [2.75, 3.05) is 20.7 Å². The summed E-state index contributed by atoms with van der Waals surface area (Å²) < 4.78 is 5.63. The van der Waals surface area contributed by atoms with Crippen LogP contribution in [0.2, 0.25) is 0 Å². The van der Waals surface area contributed by atoms with Gasteiger partial charge in [0.25, 0.3) is 0 Å². The largest absolute Gasteiger partial charge is 0.379 e. The van der Waals surface area contributed by atoms with Crippen molar-refractivity contribution in [1.82, 2.24) is 15.5 Å². The maximum atomic E-state index is 13.5. The minimum absolute atomic E-state index is 0.00129. The van der Waals surface area contributed by atoms with Crippen molar-refractivity contribution in [1.29, 1.82) is 0 Å². The average Bonchev–Trinajstić information content (AvgIpc) is 2.70. The topological polar surface area (TPSA) is 87.7 Å². The van der Waals surface area contributed by atoms with E-state index in [0.29, 0.717) is 0 Å². The van der Waals surface area contributed by atoms with Gasteiger partial charge in [-0.3, -0.25) is 14.4 Å². The summed E-state index contributed by atoms with van der Waals surface area (Å²) in [5.74, 6) is -0.207. The predicted octanol–water partition coefficient (Wildman–Crippen LogP) is 2.90. The van der Waals surface area contributed by atoms with E-state index < -0.39 is 11.6 Å². The van der Waals surface area contributed by atoms with Crippen LogP contribution in [-0.4, -0.2) is 64.9 Å². The van der Waals surface area contributed by atoms with Gasteiger partial charge in [-0.25, -0.2) is 0 Å². The summed E-state index contributed by atoms with van der Waals surface area (Å²) in [5, 5.41) is 6.33. The number of carbonyl (C=O) groups is 3. The Kier molecular flexibility index (Phi) is 11.2. The molecule has 7 nitrogen and oxygen atoms in total. The minimum atomic E-state index is -0.650. The molecule has 30 heavy (non-hydrogen) atoms. The molecule has 8 heteroatoms. The van der Waals surface area contributed by atoms with Gasteiger partial charge in [-0.2, -0.15) is 0 Å². The smallest absolute Gasteiger partial charge is 0.245 e. The van der Waals surface area contributed by atoms with E-state index in [1.165, 1.54) is 0 Å². The number of methoxy groups -OCH3 is 1. The second-order valence-electron chi connectivity index (χ2n) is 9.07. The highest BCUT2D eigenvalue weighted by Gasteiger charge is 2.40. The number of ether oxygens (including phenoxy) is 1. The van der Waals surface area contributed by atoms with Crippen molar-refractivity contribution >= 4 is 38.2 Å². The zero-order valence-corrected chi connectivity index (χ0v) is 21.7. The van der Waals surface area contributed by atoms with Crippen LogP contribution >= 0.6 is 22.6 Å². The van der Waals surface area contributed by atoms with Crippen LogP contribution in [0.15, 0.2) is 0 Å². The Morgan fingerprint density at radius 3 is 2.30 bits per heavy atom. The molecule has 0 radical (unpaired) electrons. The molecule has 2 unspecified atom stereocenters. The van der Waals surface area contributed by atoms with Crippen LogP contribution in [0.4, 0.5) is 0 Å². The van der Waals surface area contributed by atoms with Gasteiger partial charge in [-0.1, -0.05) is 34.1 Å². The first-order valence-electron chi connectivity index (χ1n) is 11.0. The van der Waals surface area contributed by atoms with Crippen LogP contribution in [0.3, 0.4) is 0 Å². The Morgan fingerprint density at radius 2 is 1.87 bits per heavy atom. The van der Waals surface area contributed by atoms with Crippen LogP contribution in [0.5, 0.6) is 0 Å². The normalized spacial score (nSPS) is 23.4. The lowest BCUT2D eigenvalue weighted by molar-refractivity contribution is -0.144. The van der Waals surface area contributed by atoms with Crippen molar-refractivity contribution in [3.63, 3.8) is 0 Å². The summed E-state index contributed by atoms with van der Waals surface area (Å²) in [4.78, 5) is 40.0. The molecule has 1 heterocycles. The molecule has 0 aliphatic carbocycles. The van der Waals surface area contributed by atoms with Gasteiger partial charge in [0, 0.05) is 20.6 Å². The van der Waals surface area contributed by atoms with Gasteiger partial charge in [0.15, 0.2) is 3.79 Å². The molecule has 174 valence electrons. The third-order valence-corrected chi connectivity index (χ3v) is 6.85. The molecule has 2 amide bonds. The maximum Gasteiger partial charge on any atom is 0.245 e. The average molecular weight is 537 g/mol. The number of amides is 2. The zero-order valence-electron chi connectivity index (χ0n) is 19.6. The Labute approximate surface area is 195 Å². The molecule has 0 aromatic rings. The number of hydrogen-bond donors (Lipinski definition) is 2. The SMILES string of the molecule is CC[C@H](C)C(C(CC(=O)I)OC)N(C)C(=O)[C@@H](NC(=O)[C@]1(C)CCCCN1)C(C)C. The third kappa shape index (κ3) is 7.15. The van der Waals surface area contributed by atoms with Crippen molar-refractivity contribution in [3.8, 4) is 0 Å². The van der Waals surface area contributed by atoms with E-state index in [1.807, 2.05) is 20.8 Å². The van der Waals surface area contributed by atoms with Crippen molar-refractivity contribution in [3.05, 3.63) is 0 Å². The second kappa shape index (κ2) is 12.3. The monoisotopic (exact) mass is 537 g/mol. The van der Waals surface area contributed by atoms with Gasteiger partial charge in [0.2, 0.25) is 11.8 Å². The summed E-state index contributed by atoms with van der Waals surface area (Å²) in [5.41, 5.74) is -0.650. The highest BCUT2D eigenvalue weighted by atomic mass is 127. The number of piperidine rings is 1. The lowest BCUT2D eigenvalue weighted by Crippen LogP contribution is -2.63. The van der Waals surface area contributed by atoms with E-state index >= 15 is 0 Å². The van der Waals surface area contributed by atoms with E-state index in [1.54, 1.807) is 41.6 Å². The summed E-state index contributed by atoms with van der Waals surface area (Å²) >= 11 is 1.77. The number of halogens is 1. The highest BCUT2D eigenvalue weighted by molar-refractivity contribution is 14.1. The van der Waals surface area contributed by atoms with Crippen molar-refractivity contribution in [2.45, 2.75) is 90.4 Å². The van der Waals surface area contributed by atoms with Crippen molar-refractivity contribution < 1.29 is 19.1 Å². The number of nitrogens with one attached hydrogen (secondary N) is 2. The van der Waals surface area contributed by atoms with E-state index in [0.717, 1.165) is 32.2 Å². The summed E-state index contributed by atoms with van der Waals surface area (Å²) in [6, 6.07) is -0.893. The fourth-order valence-corrected chi connectivity index (χ4v) is 4.61. The standard InChI is InChI=1S/C22H40IN3O4/c1-8-15(4)19(16(30-7)13-17(23)27)26(6)20(28)18(14(2)3)25-21(29)22(5)11-9-10-12-24-22/h14-16,18-19,24H,8-13H2,1-7H3,(H,25,29)/t15-,16?,18-,19?,22-/m0/s1. The lowest BCUT2D eigenvalue weighted by atomic mass is 9.88. The molecule has 1 rings (SSSR count). The van der Waals surface area contributed by atoms with Gasteiger partial charge in [0.1, 0.15) is 6.04 Å². The van der Waals surface area contributed by atoms with Crippen molar-refractivity contribution in [2.24, 2.45) is 11.8 Å². The van der Waals surface area contributed by atoms with Gasteiger partial charge in [-0.15, -0.1) is 0 Å². The molecule has 1 saturated heterocycles. The first kappa shape index (κ1) is 27.3. The van der Waals surface area contributed by atoms with Crippen LogP contribution in [0, 0.1) is 11.8 Å². The maximum absolute atomic E-state index is 13.5. The van der Waals surface area contributed by atoms with Crippen LogP contribution in [-0.2, 0) is 19.1 Å². The molecule has 5 atom stereocenters. The fraction of sp³-hybridized carbons (Fsp3) is 0.864. The minimum Gasteiger partial charge on any atom is -0.379 e. The fourth-order valence-electron chi connectivity index (χ4n) is 4.17. The van der Waals surface area contributed by atoms with E-state index in [9.17, 15) is 14.4 Å². The summed E-state index contributed by atoms with van der Waals surface area (Å²) in [6.07, 6.45) is 3.50. The summed E-state index contributed by atoms with van der Waals surface area (Å²) in [7, 11) is 3.33. The second-order valence-corrected chi connectivity index (χ2v) is 10.3. The zero-order chi connectivity index (χ0) is 23.1. The molecular formula is C22H40IN3O4. The molecule has 0 bridgehead atoms. The predicted molar refractivity (Wildman–Crippen MR) is 127 cm³/mol. The quantitative estimate of drug-likeness (QED) is 0.313. The number of carbonyl (C=O) groups excluding carboxylic acids is 3. The van der Waals surface area contributed by atoms with Crippen LogP contribution in [0.25, 0.3) is 0 Å². The van der Waals surface area contributed by atoms with Gasteiger partial charge in [-0.05, 0) is 67.2 Å². The molecule has 0 saturated carbocycles. The number of nitrogens with zero attached hydrogens (tertiary/aromatic N) is 1. The van der Waals surface area contributed by atoms with Crippen LogP contribution < -0.4 is 10.6 Å². The Bertz CT molecular complexity index is 593. The number of rotatable bonds is 11. The lowest BCUT2D eigenvalue weighted by Gasteiger charge is -2.40. The Morgan fingerprint density at radius 1 is 1.23 bits per heavy atom. The highest BCUT2D eigenvalue weighted by Crippen LogP contribution is 2.25. The molecule has 1 aliphatic rings. The van der Waals surface area contributed by atoms with E-state index in [-0.39, 0.29) is 46.0 Å². The molecule has 0 aromatic carbocycles. The molecule has 1 fully saturated rings. The Balaban J connectivity index is 3.08. The van der Waals surface area contributed by atoms with E-state index in [4.69, 9.17) is 4.74 Å². The first-order chi connectivity index (χ1) is 14.0. The Hall–Kier alpha value is -0.740. The molecular weight excluding hydrogens is 497 g/mol. The summed E-state index contributed by atoms with van der Waals surface area (Å²) in [6.45, 7) is 10.7.